The van der Waals surface area contributed by atoms with Gasteiger partial charge in [0.15, 0.2) is 0 Å². The van der Waals surface area contributed by atoms with Crippen molar-refractivity contribution in [2.75, 3.05) is 11.4 Å². The number of nitrogens with zero attached hydrogens (tertiary/aromatic N) is 2. The van der Waals surface area contributed by atoms with Gasteiger partial charge in [0, 0.05) is 28.9 Å². The Labute approximate surface area is 186 Å². The highest BCUT2D eigenvalue weighted by atomic mass is 16.5. The minimum Gasteiger partial charge on any atom is -0.489 e. The number of carbonyl (C=O) groups is 2. The number of aryl methyl sites for hydroxylation is 2. The fourth-order valence-corrected chi connectivity index (χ4v) is 4.11. The SMILES string of the molecule is Cc1ccc2nc(C)cc(COc3ccc(N4CC[C@H]([C@H](N)C(=O)NO)C4=O)cc3)c2c1. The number of aromatic nitrogens is 1. The zero-order chi connectivity index (χ0) is 22.8. The lowest BCUT2D eigenvalue weighted by Crippen LogP contribution is -2.47. The minimum absolute atomic E-state index is 0.233. The molecule has 1 aliphatic heterocycles. The predicted molar refractivity (Wildman–Crippen MR) is 120 cm³/mol. The van der Waals surface area contributed by atoms with Crippen LogP contribution in [-0.2, 0) is 16.2 Å². The Morgan fingerprint density at radius 2 is 2.00 bits per heavy atom. The summed E-state index contributed by atoms with van der Waals surface area (Å²) >= 11 is 0. The lowest BCUT2D eigenvalue weighted by atomic mass is 9.98. The Hall–Kier alpha value is -3.49. The van der Waals surface area contributed by atoms with Crippen LogP contribution in [0.1, 0.15) is 23.2 Å². The monoisotopic (exact) mass is 434 g/mol. The van der Waals surface area contributed by atoms with E-state index in [9.17, 15) is 9.59 Å². The molecular formula is C24H26N4O4. The van der Waals surface area contributed by atoms with Gasteiger partial charge in [-0.2, -0.15) is 0 Å². The molecule has 2 aromatic carbocycles. The number of ether oxygens (including phenoxy) is 1. The first-order valence-corrected chi connectivity index (χ1v) is 10.5. The summed E-state index contributed by atoms with van der Waals surface area (Å²) in [5.74, 6) is -0.972. The second kappa shape index (κ2) is 8.94. The number of nitrogens with one attached hydrogen (secondary N) is 1. The third kappa shape index (κ3) is 4.28. The van der Waals surface area contributed by atoms with E-state index in [1.807, 2.05) is 49.4 Å². The molecule has 32 heavy (non-hydrogen) atoms. The first-order chi connectivity index (χ1) is 15.4. The topological polar surface area (TPSA) is 118 Å². The number of carbonyl (C=O) groups excluding carboxylic acids is 2. The van der Waals surface area contributed by atoms with Crippen LogP contribution in [0.25, 0.3) is 10.9 Å². The van der Waals surface area contributed by atoms with E-state index in [-0.39, 0.29) is 5.91 Å². The number of hydroxylamine groups is 1. The molecule has 4 rings (SSSR count). The molecule has 1 aliphatic rings. The number of rotatable bonds is 6. The van der Waals surface area contributed by atoms with E-state index < -0.39 is 17.9 Å². The van der Waals surface area contributed by atoms with Gasteiger partial charge in [-0.15, -0.1) is 0 Å². The maximum absolute atomic E-state index is 12.7. The van der Waals surface area contributed by atoms with Gasteiger partial charge in [0.1, 0.15) is 12.4 Å². The summed E-state index contributed by atoms with van der Waals surface area (Å²) < 4.78 is 6.01. The quantitative estimate of drug-likeness (QED) is 0.405. The molecule has 8 nitrogen and oxygen atoms in total. The van der Waals surface area contributed by atoms with Gasteiger partial charge in [-0.05, 0) is 62.7 Å². The Kier molecular flexibility index (Phi) is 6.07. The van der Waals surface area contributed by atoms with E-state index in [1.54, 1.807) is 4.90 Å². The highest BCUT2D eigenvalue weighted by Gasteiger charge is 2.39. The van der Waals surface area contributed by atoms with E-state index in [4.69, 9.17) is 15.7 Å². The summed E-state index contributed by atoms with van der Waals surface area (Å²) in [5, 5.41) is 9.84. The van der Waals surface area contributed by atoms with Crippen LogP contribution in [-0.4, -0.2) is 34.6 Å². The number of hydrogen-bond acceptors (Lipinski definition) is 6. The van der Waals surface area contributed by atoms with E-state index in [2.05, 4.69) is 18.0 Å². The summed E-state index contributed by atoms with van der Waals surface area (Å²) in [4.78, 5) is 30.4. The first-order valence-electron chi connectivity index (χ1n) is 10.5. The first kappa shape index (κ1) is 21.7. The van der Waals surface area contributed by atoms with Gasteiger partial charge in [-0.1, -0.05) is 11.6 Å². The Morgan fingerprint density at radius 3 is 2.72 bits per heavy atom. The van der Waals surface area contributed by atoms with Crippen molar-refractivity contribution in [1.82, 2.24) is 10.5 Å². The molecule has 0 spiro atoms. The Balaban J connectivity index is 1.45. The van der Waals surface area contributed by atoms with E-state index in [0.717, 1.165) is 22.2 Å². The van der Waals surface area contributed by atoms with Gasteiger partial charge in [0.25, 0.3) is 5.91 Å². The third-order valence-electron chi connectivity index (χ3n) is 5.81. The third-order valence-corrected chi connectivity index (χ3v) is 5.81. The number of fused-ring (bicyclic) bond motifs is 1. The van der Waals surface area contributed by atoms with Crippen LogP contribution in [0.2, 0.25) is 0 Å². The van der Waals surface area contributed by atoms with Crippen LogP contribution < -0.4 is 20.9 Å². The molecule has 166 valence electrons. The average Bonchev–Trinajstić information content (AvgIpc) is 3.18. The number of anilines is 1. The standard InChI is InChI=1S/C24H26N4O4/c1-14-3-8-21-20(11-14)16(12-15(2)26-21)13-32-18-6-4-17(5-7-18)28-10-9-19(24(28)30)22(25)23(29)27-31/h3-8,11-12,19,22,31H,9-10,13,25H2,1-2H3,(H,27,29)/t19-,22+/m1/s1. The second-order valence-corrected chi connectivity index (χ2v) is 8.11. The molecular weight excluding hydrogens is 408 g/mol. The molecule has 3 aromatic rings. The molecule has 1 aromatic heterocycles. The molecule has 0 saturated carbocycles. The zero-order valence-electron chi connectivity index (χ0n) is 18.0. The second-order valence-electron chi connectivity index (χ2n) is 8.11. The molecule has 0 unspecified atom stereocenters. The van der Waals surface area contributed by atoms with Crippen molar-refractivity contribution in [2.45, 2.75) is 32.9 Å². The maximum Gasteiger partial charge on any atom is 0.261 e. The van der Waals surface area contributed by atoms with Crippen molar-refractivity contribution in [1.29, 1.82) is 0 Å². The minimum atomic E-state index is -1.08. The fourth-order valence-electron chi connectivity index (χ4n) is 4.11. The highest BCUT2D eigenvalue weighted by molar-refractivity contribution is 6.00. The average molecular weight is 434 g/mol. The van der Waals surface area contributed by atoms with Crippen LogP contribution in [0, 0.1) is 19.8 Å². The van der Waals surface area contributed by atoms with E-state index in [0.29, 0.717) is 31.0 Å². The van der Waals surface area contributed by atoms with Crippen molar-refractivity contribution in [3.8, 4) is 5.75 Å². The number of benzene rings is 2. The number of amides is 2. The number of nitrogens with two attached hydrogens (primary N) is 1. The Morgan fingerprint density at radius 1 is 1.25 bits per heavy atom. The van der Waals surface area contributed by atoms with Gasteiger partial charge in [-0.25, -0.2) is 5.48 Å². The largest absolute Gasteiger partial charge is 0.489 e. The van der Waals surface area contributed by atoms with Crippen LogP contribution in [0.4, 0.5) is 5.69 Å². The zero-order valence-corrected chi connectivity index (χ0v) is 18.0. The van der Waals surface area contributed by atoms with Gasteiger partial charge < -0.3 is 15.4 Å². The summed E-state index contributed by atoms with van der Waals surface area (Å²) in [5.41, 5.74) is 12.1. The van der Waals surface area contributed by atoms with Crippen molar-refractivity contribution in [2.24, 2.45) is 11.7 Å². The van der Waals surface area contributed by atoms with Crippen molar-refractivity contribution < 1.29 is 19.5 Å². The summed E-state index contributed by atoms with van der Waals surface area (Å²) in [6, 6.07) is 14.4. The number of pyridine rings is 1. The predicted octanol–water partition coefficient (Wildman–Crippen LogP) is 2.62. The molecule has 4 N–H and O–H groups in total. The van der Waals surface area contributed by atoms with Crippen molar-refractivity contribution in [3.05, 3.63) is 65.4 Å². The van der Waals surface area contributed by atoms with Crippen LogP contribution >= 0.6 is 0 Å². The normalized spacial score (nSPS) is 16.9. The van der Waals surface area contributed by atoms with Crippen LogP contribution in [0.3, 0.4) is 0 Å². The van der Waals surface area contributed by atoms with E-state index in [1.165, 1.54) is 11.0 Å². The summed E-state index contributed by atoms with van der Waals surface area (Å²) in [7, 11) is 0. The fraction of sp³-hybridized carbons (Fsp3) is 0.292. The van der Waals surface area contributed by atoms with Crippen molar-refractivity contribution in [3.63, 3.8) is 0 Å². The van der Waals surface area contributed by atoms with Crippen LogP contribution in [0.5, 0.6) is 5.75 Å². The maximum atomic E-state index is 12.7. The molecule has 0 radical (unpaired) electrons. The molecule has 1 fully saturated rings. The highest BCUT2D eigenvalue weighted by Crippen LogP contribution is 2.29. The van der Waals surface area contributed by atoms with Crippen LogP contribution in [0.15, 0.2) is 48.5 Å². The van der Waals surface area contributed by atoms with Gasteiger partial charge >= 0.3 is 0 Å². The van der Waals surface area contributed by atoms with Gasteiger partial charge in [0.05, 0.1) is 17.5 Å². The molecule has 8 heteroatoms. The van der Waals surface area contributed by atoms with E-state index >= 15 is 0 Å². The lowest BCUT2D eigenvalue weighted by Gasteiger charge is -2.19. The summed E-state index contributed by atoms with van der Waals surface area (Å²) in [6.45, 7) is 4.88. The molecule has 0 aliphatic carbocycles. The van der Waals surface area contributed by atoms with Gasteiger partial charge in [0.2, 0.25) is 5.91 Å². The van der Waals surface area contributed by atoms with Crippen molar-refractivity contribution >= 4 is 28.4 Å². The Bertz CT molecular complexity index is 1160. The van der Waals surface area contributed by atoms with Gasteiger partial charge in [-0.3, -0.25) is 19.8 Å². The molecule has 0 bridgehead atoms. The lowest BCUT2D eigenvalue weighted by molar-refractivity contribution is -0.134. The molecule has 2 heterocycles. The number of hydrogen-bond donors (Lipinski definition) is 3. The smallest absolute Gasteiger partial charge is 0.261 e. The molecule has 1 saturated heterocycles. The summed E-state index contributed by atoms with van der Waals surface area (Å²) in [6.07, 6.45) is 0.444. The molecule has 2 atom stereocenters. The molecule has 2 amide bonds.